The van der Waals surface area contributed by atoms with Crippen molar-refractivity contribution >= 4 is 21.7 Å². The molecule has 0 aliphatic carbocycles. The molecular weight excluding hydrogens is 304 g/mol. The zero-order valence-corrected chi connectivity index (χ0v) is 13.6. The lowest BCUT2D eigenvalue weighted by molar-refractivity contribution is 0.0697. The molecule has 0 aliphatic rings. The highest BCUT2D eigenvalue weighted by Gasteiger charge is 2.20. The van der Waals surface area contributed by atoms with Crippen LogP contribution >= 0.6 is 0 Å². The third kappa shape index (κ3) is 4.85. The van der Waals surface area contributed by atoms with E-state index in [0.29, 0.717) is 18.7 Å². The quantitative estimate of drug-likeness (QED) is 0.606. The molecule has 0 spiro atoms. The van der Waals surface area contributed by atoms with E-state index in [1.807, 2.05) is 6.92 Å². The fourth-order valence-corrected chi connectivity index (χ4v) is 3.33. The molecule has 1 unspecified atom stereocenters. The highest BCUT2D eigenvalue weighted by atomic mass is 32.2. The lowest BCUT2D eigenvalue weighted by atomic mass is 10.2. The van der Waals surface area contributed by atoms with Crippen LogP contribution in [0.3, 0.4) is 0 Å². The molecule has 0 aromatic heterocycles. The van der Waals surface area contributed by atoms with Crippen molar-refractivity contribution in [3.05, 3.63) is 36.4 Å². The maximum Gasteiger partial charge on any atom is 0.337 e. The maximum absolute atomic E-state index is 12.3. The number of carbonyl (C=O) groups is 1. The van der Waals surface area contributed by atoms with Crippen molar-refractivity contribution in [1.29, 1.82) is 0 Å². The zero-order chi connectivity index (χ0) is 16.8. The van der Waals surface area contributed by atoms with Crippen LogP contribution < -0.4 is 10.0 Å². The second-order valence-corrected chi connectivity index (χ2v) is 6.71. The number of hydrogen-bond donors (Lipinski definition) is 3. The number of nitrogens with one attached hydrogen (secondary N) is 2. The first-order valence-electron chi connectivity index (χ1n) is 7.06. The first-order chi connectivity index (χ1) is 10.3. The molecule has 0 saturated carbocycles. The Labute approximate surface area is 131 Å². The molecule has 0 heterocycles. The van der Waals surface area contributed by atoms with E-state index in [0.717, 1.165) is 12.5 Å². The van der Waals surface area contributed by atoms with Crippen molar-refractivity contribution in [3.63, 3.8) is 0 Å². The zero-order valence-electron chi connectivity index (χ0n) is 12.8. The van der Waals surface area contributed by atoms with E-state index in [1.54, 1.807) is 13.0 Å². The monoisotopic (exact) mass is 326 g/mol. The van der Waals surface area contributed by atoms with E-state index in [9.17, 15) is 18.3 Å². The van der Waals surface area contributed by atoms with Crippen LogP contribution in [0.4, 0.5) is 5.69 Å². The van der Waals surface area contributed by atoms with Gasteiger partial charge in [0.25, 0.3) is 0 Å². The minimum atomic E-state index is -3.74. The first kappa shape index (κ1) is 18.2. The van der Waals surface area contributed by atoms with Gasteiger partial charge in [-0.2, -0.15) is 0 Å². The van der Waals surface area contributed by atoms with Crippen molar-refractivity contribution < 1.29 is 18.3 Å². The van der Waals surface area contributed by atoms with Crippen LogP contribution in [0.2, 0.25) is 0 Å². The summed E-state index contributed by atoms with van der Waals surface area (Å²) in [5.41, 5.74) is 0.265. The Hall–Kier alpha value is -1.86. The number of carboxylic acid groups (broad SMARTS) is 1. The molecule has 6 nitrogen and oxygen atoms in total. The average molecular weight is 326 g/mol. The molecule has 0 aliphatic heterocycles. The Morgan fingerprint density at radius 1 is 1.45 bits per heavy atom. The molecule has 1 atom stereocenters. The lowest BCUT2D eigenvalue weighted by Gasteiger charge is -2.15. The van der Waals surface area contributed by atoms with E-state index in [-0.39, 0.29) is 16.5 Å². The minimum Gasteiger partial charge on any atom is -0.478 e. The molecule has 1 rings (SSSR count). The Morgan fingerprint density at radius 2 is 2.14 bits per heavy atom. The highest BCUT2D eigenvalue weighted by Crippen LogP contribution is 2.21. The standard InChI is InChI=1S/C15H22N2O4S/c1-4-6-11(3)17-22(20,21)12-7-8-14(16-9-5-2)13(10-12)15(18)19/h5,7-8,10-11,16-17H,2,4,6,9H2,1,3H3,(H,18,19). The van der Waals surface area contributed by atoms with Gasteiger partial charge in [0, 0.05) is 18.3 Å². The third-order valence-corrected chi connectivity index (χ3v) is 4.63. The first-order valence-corrected chi connectivity index (χ1v) is 8.54. The number of anilines is 1. The number of rotatable bonds is 9. The van der Waals surface area contributed by atoms with E-state index < -0.39 is 16.0 Å². The fourth-order valence-electron chi connectivity index (χ4n) is 2.03. The van der Waals surface area contributed by atoms with Gasteiger partial charge in [-0.15, -0.1) is 6.58 Å². The smallest absolute Gasteiger partial charge is 0.337 e. The summed E-state index contributed by atoms with van der Waals surface area (Å²) in [4.78, 5) is 11.2. The van der Waals surface area contributed by atoms with Gasteiger partial charge in [-0.1, -0.05) is 19.4 Å². The van der Waals surface area contributed by atoms with Crippen LogP contribution in [0.15, 0.2) is 35.7 Å². The number of aromatic carboxylic acids is 1. The van der Waals surface area contributed by atoms with E-state index in [4.69, 9.17) is 0 Å². The number of benzene rings is 1. The number of hydrogen-bond acceptors (Lipinski definition) is 4. The molecule has 0 amide bonds. The summed E-state index contributed by atoms with van der Waals surface area (Å²) in [6.07, 6.45) is 3.16. The molecule has 0 bridgehead atoms. The van der Waals surface area contributed by atoms with Crippen LogP contribution in [0.25, 0.3) is 0 Å². The molecule has 1 aromatic rings. The summed E-state index contributed by atoms with van der Waals surface area (Å²) < 4.78 is 27.1. The van der Waals surface area contributed by atoms with Gasteiger partial charge in [0.05, 0.1) is 10.5 Å². The molecule has 0 saturated heterocycles. The summed E-state index contributed by atoms with van der Waals surface area (Å²) in [5.74, 6) is -1.19. The molecular formula is C15H22N2O4S. The Kier molecular flexibility index (Phi) is 6.58. The number of carboxylic acids is 1. The van der Waals surface area contributed by atoms with E-state index in [2.05, 4.69) is 16.6 Å². The van der Waals surface area contributed by atoms with Gasteiger partial charge in [0.15, 0.2) is 0 Å². The topological polar surface area (TPSA) is 95.5 Å². The van der Waals surface area contributed by atoms with Crippen molar-refractivity contribution in [3.8, 4) is 0 Å². The Bertz CT molecular complexity index is 641. The van der Waals surface area contributed by atoms with Gasteiger partial charge in [-0.25, -0.2) is 17.9 Å². The van der Waals surface area contributed by atoms with Gasteiger partial charge in [0.2, 0.25) is 10.0 Å². The lowest BCUT2D eigenvalue weighted by Crippen LogP contribution is -2.32. The normalized spacial score (nSPS) is 12.6. The van der Waals surface area contributed by atoms with Crippen molar-refractivity contribution in [1.82, 2.24) is 4.72 Å². The van der Waals surface area contributed by atoms with Gasteiger partial charge in [-0.05, 0) is 31.5 Å². The molecule has 122 valence electrons. The van der Waals surface area contributed by atoms with Gasteiger partial charge in [-0.3, -0.25) is 0 Å². The largest absolute Gasteiger partial charge is 0.478 e. The predicted molar refractivity (Wildman–Crippen MR) is 86.8 cm³/mol. The van der Waals surface area contributed by atoms with Gasteiger partial charge < -0.3 is 10.4 Å². The van der Waals surface area contributed by atoms with Crippen LogP contribution in [0, 0.1) is 0 Å². The van der Waals surface area contributed by atoms with E-state index in [1.165, 1.54) is 12.1 Å². The third-order valence-electron chi connectivity index (χ3n) is 3.05. The summed E-state index contributed by atoms with van der Waals surface area (Å²) >= 11 is 0. The minimum absolute atomic E-state index is 0.0583. The molecule has 0 radical (unpaired) electrons. The second kappa shape index (κ2) is 7.95. The van der Waals surface area contributed by atoms with Crippen LogP contribution in [-0.2, 0) is 10.0 Å². The van der Waals surface area contributed by atoms with Crippen molar-refractivity contribution in [2.45, 2.75) is 37.6 Å². The Morgan fingerprint density at radius 3 is 2.68 bits per heavy atom. The SMILES string of the molecule is C=CCNc1ccc(S(=O)(=O)NC(C)CCC)cc1C(=O)O. The Balaban J connectivity index is 3.12. The van der Waals surface area contributed by atoms with Crippen molar-refractivity contribution in [2.75, 3.05) is 11.9 Å². The maximum atomic E-state index is 12.3. The summed E-state index contributed by atoms with van der Waals surface area (Å²) in [6, 6.07) is 3.79. The van der Waals surface area contributed by atoms with Gasteiger partial charge in [0.1, 0.15) is 0 Å². The molecule has 1 aromatic carbocycles. The summed E-state index contributed by atoms with van der Waals surface area (Å²) in [5, 5.41) is 12.1. The molecule has 0 fully saturated rings. The van der Waals surface area contributed by atoms with Crippen LogP contribution in [0.5, 0.6) is 0 Å². The fraction of sp³-hybridized carbons (Fsp3) is 0.400. The van der Waals surface area contributed by atoms with Crippen LogP contribution in [-0.4, -0.2) is 32.1 Å². The van der Waals surface area contributed by atoms with Crippen molar-refractivity contribution in [2.24, 2.45) is 0 Å². The highest BCUT2D eigenvalue weighted by molar-refractivity contribution is 7.89. The average Bonchev–Trinajstić information content (AvgIpc) is 2.44. The van der Waals surface area contributed by atoms with Crippen LogP contribution in [0.1, 0.15) is 37.0 Å². The van der Waals surface area contributed by atoms with E-state index >= 15 is 0 Å². The summed E-state index contributed by atoms with van der Waals surface area (Å²) in [6.45, 7) is 7.67. The summed E-state index contributed by atoms with van der Waals surface area (Å²) in [7, 11) is -3.74. The molecule has 3 N–H and O–H groups in total. The number of sulfonamides is 1. The predicted octanol–water partition coefficient (Wildman–Crippen LogP) is 2.45. The molecule has 22 heavy (non-hydrogen) atoms. The second-order valence-electron chi connectivity index (χ2n) is 4.99. The van der Waals surface area contributed by atoms with Gasteiger partial charge >= 0.3 is 5.97 Å². The molecule has 7 heteroatoms.